The van der Waals surface area contributed by atoms with E-state index in [2.05, 4.69) is 11.8 Å². The Labute approximate surface area is 212 Å². The zero-order valence-corrected chi connectivity index (χ0v) is 21.6. The molecule has 4 aliphatic carbocycles. The maximum atomic E-state index is 13.0. The van der Waals surface area contributed by atoms with E-state index >= 15 is 0 Å². The van der Waals surface area contributed by atoms with E-state index in [1.807, 2.05) is 6.92 Å². The van der Waals surface area contributed by atoms with Gasteiger partial charge in [0.2, 0.25) is 0 Å². The summed E-state index contributed by atoms with van der Waals surface area (Å²) >= 11 is 0. The largest absolute Gasteiger partial charge is 0.390 e. The molecule has 0 aromatic rings. The molecule has 0 unspecified atom stereocenters. The fourth-order valence-corrected chi connectivity index (χ4v) is 10.4. The van der Waals surface area contributed by atoms with Crippen LogP contribution in [0.1, 0.15) is 72.1 Å². The number of piperidine rings is 2. The third-order valence-electron chi connectivity index (χ3n) is 12.5. The number of carbonyl (C=O) groups excluding carboxylic acids is 1. The highest BCUT2D eigenvalue weighted by molar-refractivity contribution is 5.87. The average molecular weight is 510 g/mol. The van der Waals surface area contributed by atoms with Gasteiger partial charge in [0.05, 0.1) is 11.7 Å². The first kappa shape index (κ1) is 25.6. The smallest absolute Gasteiger partial charge is 0.164 e. The summed E-state index contributed by atoms with van der Waals surface area (Å²) in [6.07, 6.45) is -0.498. The molecule has 6 rings (SSSR count). The molecule has 2 aliphatic heterocycles. The summed E-state index contributed by atoms with van der Waals surface area (Å²) in [5.41, 5.74) is -10.4. The third kappa shape index (κ3) is 2.62. The van der Waals surface area contributed by atoms with Gasteiger partial charge in [0.25, 0.3) is 0 Å². The maximum Gasteiger partial charge on any atom is 0.164 e. The second-order valence-electron chi connectivity index (χ2n) is 13.9. The first-order chi connectivity index (χ1) is 16.6. The standard InChI is InChI=1S/C27H43NO8/c1-14-4-7-19-23(3,32)27(36)18(12-28(19)11-14)26(35)13-25(34)17(24(26,33)10-20(27)30)6-5-15-21(31)16(29)8-9-22(15,25)2/h14-20,29-30,32-36H,4-13H2,1-3H3/t14-,15-,16-,17-,18-,19-,20-,22-,23+,24+,25+,26+,27-/m0/s1. The van der Waals surface area contributed by atoms with Crippen molar-refractivity contribution in [1.29, 1.82) is 0 Å². The molecule has 9 nitrogen and oxygen atoms in total. The highest BCUT2D eigenvalue weighted by Gasteiger charge is 2.84. The molecule has 0 amide bonds. The van der Waals surface area contributed by atoms with Crippen molar-refractivity contribution >= 4 is 5.78 Å². The van der Waals surface area contributed by atoms with E-state index in [1.54, 1.807) is 0 Å². The Hall–Kier alpha value is -0.650. The quantitative estimate of drug-likeness (QED) is 0.224. The summed E-state index contributed by atoms with van der Waals surface area (Å²) < 4.78 is 0. The van der Waals surface area contributed by atoms with Crippen molar-refractivity contribution in [3.05, 3.63) is 0 Å². The number of nitrogens with zero attached hydrogens (tertiary/aromatic N) is 1. The van der Waals surface area contributed by atoms with Crippen molar-refractivity contribution in [2.24, 2.45) is 29.1 Å². The monoisotopic (exact) mass is 509 g/mol. The van der Waals surface area contributed by atoms with Gasteiger partial charge in [-0.1, -0.05) is 13.8 Å². The van der Waals surface area contributed by atoms with E-state index in [0.717, 1.165) is 6.42 Å². The van der Waals surface area contributed by atoms with Crippen molar-refractivity contribution in [3.63, 3.8) is 0 Å². The van der Waals surface area contributed by atoms with Gasteiger partial charge in [0, 0.05) is 55.1 Å². The van der Waals surface area contributed by atoms with Gasteiger partial charge in [-0.2, -0.15) is 0 Å². The number of hydrogen-bond acceptors (Lipinski definition) is 9. The van der Waals surface area contributed by atoms with Crippen molar-refractivity contribution in [2.75, 3.05) is 13.1 Å². The van der Waals surface area contributed by atoms with Crippen LogP contribution < -0.4 is 0 Å². The Balaban J connectivity index is 1.47. The second-order valence-corrected chi connectivity index (χ2v) is 13.9. The minimum atomic E-state index is -2.08. The van der Waals surface area contributed by atoms with Gasteiger partial charge in [-0.05, 0) is 51.4 Å². The number of Topliss-reactive ketones (excluding diaryl/α,β-unsaturated/α-hetero) is 1. The summed E-state index contributed by atoms with van der Waals surface area (Å²) in [4.78, 5) is 15.0. The zero-order chi connectivity index (χ0) is 26.3. The number of aliphatic hydroxyl groups excluding tert-OH is 2. The Morgan fingerprint density at radius 3 is 2.22 bits per heavy atom. The van der Waals surface area contributed by atoms with Crippen LogP contribution in [0, 0.1) is 29.1 Å². The van der Waals surface area contributed by atoms with Crippen LogP contribution in [0.3, 0.4) is 0 Å². The Morgan fingerprint density at radius 1 is 0.833 bits per heavy atom. The van der Waals surface area contributed by atoms with Crippen molar-refractivity contribution in [1.82, 2.24) is 4.90 Å². The molecule has 6 fully saturated rings. The fourth-order valence-electron chi connectivity index (χ4n) is 10.4. The molecule has 0 aromatic carbocycles. The van der Waals surface area contributed by atoms with Gasteiger partial charge in [-0.15, -0.1) is 0 Å². The fraction of sp³-hybridized carbons (Fsp3) is 0.963. The Bertz CT molecular complexity index is 975. The number of ketones is 1. The SMILES string of the molecule is C[C@H]1CC[C@@H]2N(C1)C[C@@H]1[C@](O)([C@@H](O)C[C@@]3(O)[C@@H]4CC[C@H]5C(=O)[C@@H](O)CC[C@]5(C)[C@@]4(O)C[C@@]13O)[C@]2(C)O. The first-order valence-electron chi connectivity index (χ1n) is 13.8. The van der Waals surface area contributed by atoms with Gasteiger partial charge >= 0.3 is 0 Å². The highest BCUT2D eigenvalue weighted by Crippen LogP contribution is 2.71. The van der Waals surface area contributed by atoms with E-state index in [-0.39, 0.29) is 38.0 Å². The predicted octanol–water partition coefficient (Wildman–Crippen LogP) is -0.683. The average Bonchev–Trinajstić information content (AvgIpc) is 2.97. The number of rotatable bonds is 0. The molecule has 7 N–H and O–H groups in total. The lowest BCUT2D eigenvalue weighted by atomic mass is 9.48. The first-order valence-corrected chi connectivity index (χ1v) is 13.8. The topological polar surface area (TPSA) is 162 Å². The molecular formula is C27H43NO8. The van der Waals surface area contributed by atoms with Crippen LogP contribution in [0.25, 0.3) is 0 Å². The van der Waals surface area contributed by atoms with Crippen LogP contribution in [0.2, 0.25) is 0 Å². The van der Waals surface area contributed by atoms with Crippen LogP contribution in [0.5, 0.6) is 0 Å². The second kappa shape index (κ2) is 7.30. The molecule has 2 saturated heterocycles. The number of fused-ring (bicyclic) bond motifs is 8. The van der Waals surface area contributed by atoms with Crippen LogP contribution in [0.4, 0.5) is 0 Å². The van der Waals surface area contributed by atoms with E-state index in [4.69, 9.17) is 0 Å². The van der Waals surface area contributed by atoms with Gasteiger partial charge in [-0.3, -0.25) is 9.69 Å². The van der Waals surface area contributed by atoms with Crippen molar-refractivity contribution < 1.29 is 40.5 Å². The summed E-state index contributed by atoms with van der Waals surface area (Å²) in [6.45, 7) is 6.31. The molecule has 9 heteroatoms. The molecule has 2 heterocycles. The summed E-state index contributed by atoms with van der Waals surface area (Å²) in [5, 5.41) is 82.9. The van der Waals surface area contributed by atoms with Gasteiger partial charge < -0.3 is 35.7 Å². The van der Waals surface area contributed by atoms with Crippen LogP contribution in [-0.4, -0.2) is 106 Å². The summed E-state index contributed by atoms with van der Waals surface area (Å²) in [7, 11) is 0. The molecule has 0 spiro atoms. The van der Waals surface area contributed by atoms with E-state index in [0.29, 0.717) is 31.7 Å². The number of hydrogen-bond donors (Lipinski definition) is 7. The molecular weight excluding hydrogens is 466 g/mol. The molecule has 0 radical (unpaired) electrons. The van der Waals surface area contributed by atoms with Crippen LogP contribution in [-0.2, 0) is 4.79 Å². The number of aliphatic hydroxyl groups is 7. The van der Waals surface area contributed by atoms with Gasteiger partial charge in [-0.25, -0.2) is 0 Å². The van der Waals surface area contributed by atoms with E-state index in [1.165, 1.54) is 6.92 Å². The minimum Gasteiger partial charge on any atom is -0.390 e. The Kier molecular flexibility index (Phi) is 5.19. The molecule has 13 atom stereocenters. The normalized spacial score (nSPS) is 63.1. The molecule has 0 aromatic heterocycles. The van der Waals surface area contributed by atoms with E-state index < -0.39 is 69.4 Å². The van der Waals surface area contributed by atoms with Gasteiger partial charge in [0.15, 0.2) is 5.78 Å². The van der Waals surface area contributed by atoms with Crippen LogP contribution in [0.15, 0.2) is 0 Å². The lowest BCUT2D eigenvalue weighted by Crippen LogP contribution is -2.85. The molecule has 0 bridgehead atoms. The van der Waals surface area contributed by atoms with Crippen molar-refractivity contribution in [3.8, 4) is 0 Å². The molecule has 4 saturated carbocycles. The summed E-state index contributed by atoms with van der Waals surface area (Å²) in [5.74, 6) is -2.47. The third-order valence-corrected chi connectivity index (χ3v) is 12.5. The summed E-state index contributed by atoms with van der Waals surface area (Å²) in [6, 6.07) is -0.398. The molecule has 36 heavy (non-hydrogen) atoms. The zero-order valence-electron chi connectivity index (χ0n) is 21.6. The minimum absolute atomic E-state index is 0.179. The van der Waals surface area contributed by atoms with Crippen LogP contribution >= 0.6 is 0 Å². The Morgan fingerprint density at radius 2 is 1.53 bits per heavy atom. The van der Waals surface area contributed by atoms with Gasteiger partial charge in [0.1, 0.15) is 28.5 Å². The molecule has 204 valence electrons. The number of carbonyl (C=O) groups is 1. The highest BCUT2D eigenvalue weighted by atomic mass is 16.4. The van der Waals surface area contributed by atoms with E-state index in [9.17, 15) is 40.5 Å². The lowest BCUT2D eigenvalue weighted by Gasteiger charge is -2.68. The lowest BCUT2D eigenvalue weighted by molar-refractivity contribution is -0.354. The molecule has 6 aliphatic rings. The maximum absolute atomic E-state index is 13.0. The van der Waals surface area contributed by atoms with Crippen molar-refractivity contribution in [2.45, 2.75) is 118 Å². The predicted molar refractivity (Wildman–Crippen MR) is 127 cm³/mol.